The van der Waals surface area contributed by atoms with Gasteiger partial charge in [-0.1, -0.05) is 36.4 Å². The minimum Gasteiger partial charge on any atom is -0.355 e. The van der Waals surface area contributed by atoms with E-state index in [-0.39, 0.29) is 11.6 Å². The van der Waals surface area contributed by atoms with Gasteiger partial charge in [0, 0.05) is 17.2 Å². The van der Waals surface area contributed by atoms with Crippen LogP contribution in [0, 0.1) is 0 Å². The summed E-state index contributed by atoms with van der Waals surface area (Å²) >= 11 is 0. The van der Waals surface area contributed by atoms with Crippen LogP contribution in [0.3, 0.4) is 0 Å². The fourth-order valence-electron chi connectivity index (χ4n) is 2.95. The highest BCUT2D eigenvalue weighted by molar-refractivity contribution is 5.94. The maximum absolute atomic E-state index is 12.6. The molecule has 2 aromatic carbocycles. The lowest BCUT2D eigenvalue weighted by Crippen LogP contribution is -2.42. The van der Waals surface area contributed by atoms with Crippen LogP contribution >= 0.6 is 0 Å². The number of aliphatic hydroxyl groups is 2. The van der Waals surface area contributed by atoms with Crippen LogP contribution in [0.2, 0.25) is 0 Å². The van der Waals surface area contributed by atoms with Crippen molar-refractivity contribution in [2.75, 3.05) is 0 Å². The molecule has 0 atom stereocenters. The smallest absolute Gasteiger partial charge is 0.355 e. The van der Waals surface area contributed by atoms with Gasteiger partial charge in [-0.2, -0.15) is 13.2 Å². The Bertz CT molecular complexity index is 760. The van der Waals surface area contributed by atoms with Crippen molar-refractivity contribution in [2.45, 2.75) is 30.8 Å². The molecule has 25 heavy (non-hydrogen) atoms. The predicted molar refractivity (Wildman–Crippen MR) is 83.7 cm³/mol. The average Bonchev–Trinajstić information content (AvgIpc) is 2.96. The number of carbonyl (C=O) groups is 1. The molecule has 0 heterocycles. The van der Waals surface area contributed by atoms with Crippen LogP contribution in [0.5, 0.6) is 0 Å². The van der Waals surface area contributed by atoms with Gasteiger partial charge in [-0.05, 0) is 36.1 Å². The zero-order chi connectivity index (χ0) is 18.2. The van der Waals surface area contributed by atoms with Crippen molar-refractivity contribution in [3.8, 4) is 0 Å². The van der Waals surface area contributed by atoms with Crippen molar-refractivity contribution in [1.82, 2.24) is 5.32 Å². The number of amides is 1. The van der Waals surface area contributed by atoms with Crippen LogP contribution < -0.4 is 5.32 Å². The molecule has 0 aromatic heterocycles. The Morgan fingerprint density at radius 2 is 1.48 bits per heavy atom. The summed E-state index contributed by atoms with van der Waals surface area (Å²) in [5.41, 5.74) is 1.74. The second kappa shape index (κ2) is 6.16. The average molecular weight is 351 g/mol. The van der Waals surface area contributed by atoms with E-state index >= 15 is 0 Å². The van der Waals surface area contributed by atoms with Crippen LogP contribution in [0.25, 0.3) is 0 Å². The van der Waals surface area contributed by atoms with E-state index < -0.39 is 23.4 Å². The second-order valence-corrected chi connectivity index (χ2v) is 6.09. The molecule has 0 saturated carbocycles. The van der Waals surface area contributed by atoms with E-state index in [0.29, 0.717) is 12.8 Å². The van der Waals surface area contributed by atoms with E-state index in [1.54, 1.807) is 0 Å². The molecule has 4 nitrogen and oxygen atoms in total. The predicted octanol–water partition coefficient (Wildman–Crippen LogP) is 2.28. The molecular formula is C18H16F3NO3. The number of rotatable bonds is 3. The molecule has 0 aliphatic heterocycles. The van der Waals surface area contributed by atoms with Gasteiger partial charge in [0.15, 0.2) is 0 Å². The van der Waals surface area contributed by atoms with Crippen molar-refractivity contribution in [3.63, 3.8) is 0 Å². The Balaban J connectivity index is 1.68. The Labute approximate surface area is 141 Å². The number of fused-ring (bicyclic) bond motifs is 1. The molecule has 0 bridgehead atoms. The Kier molecular flexibility index (Phi) is 4.30. The molecule has 3 N–H and O–H groups in total. The molecule has 1 aliphatic carbocycles. The maximum atomic E-state index is 12.6. The molecule has 3 rings (SSSR count). The number of halogens is 3. The summed E-state index contributed by atoms with van der Waals surface area (Å²) in [5.74, 6) is -4.37. The van der Waals surface area contributed by atoms with Gasteiger partial charge in [0.1, 0.15) is 0 Å². The third-order valence-electron chi connectivity index (χ3n) is 4.33. The fourth-order valence-corrected chi connectivity index (χ4v) is 2.95. The summed E-state index contributed by atoms with van der Waals surface area (Å²) in [6.45, 7) is 0. The van der Waals surface area contributed by atoms with Gasteiger partial charge >= 0.3 is 6.18 Å². The van der Waals surface area contributed by atoms with Crippen LogP contribution in [-0.2, 0) is 18.6 Å². The topological polar surface area (TPSA) is 69.6 Å². The first kappa shape index (κ1) is 17.4. The number of nitrogens with one attached hydrogen (secondary N) is 1. The number of benzene rings is 2. The molecule has 132 valence electrons. The second-order valence-electron chi connectivity index (χ2n) is 6.09. The van der Waals surface area contributed by atoms with Crippen LogP contribution in [0.15, 0.2) is 48.5 Å². The maximum Gasteiger partial charge on any atom is 0.447 e. The SMILES string of the molecule is O=C(NC1Cc2ccccc2C1)c1ccc(C(O)(O)C(F)(F)F)cc1. The summed E-state index contributed by atoms with van der Waals surface area (Å²) in [7, 11) is 0. The third kappa shape index (κ3) is 3.38. The standard InChI is InChI=1S/C18H16F3NO3/c19-18(20,21)17(24,25)14-7-5-11(6-8-14)16(23)22-15-9-12-3-1-2-4-13(12)10-15/h1-8,15,24-25H,9-10H2,(H,22,23). The third-order valence-corrected chi connectivity index (χ3v) is 4.33. The van der Waals surface area contributed by atoms with Crippen LogP contribution in [0.4, 0.5) is 13.2 Å². The van der Waals surface area contributed by atoms with Gasteiger partial charge < -0.3 is 15.5 Å². The molecule has 0 saturated heterocycles. The van der Waals surface area contributed by atoms with Crippen LogP contribution in [-0.4, -0.2) is 28.3 Å². The van der Waals surface area contributed by atoms with Crippen LogP contribution in [0.1, 0.15) is 27.0 Å². The van der Waals surface area contributed by atoms with Gasteiger partial charge in [0.05, 0.1) is 0 Å². The molecule has 0 spiro atoms. The number of hydrogen-bond acceptors (Lipinski definition) is 3. The number of carbonyl (C=O) groups excluding carboxylic acids is 1. The van der Waals surface area contributed by atoms with Crippen molar-refractivity contribution in [1.29, 1.82) is 0 Å². The van der Waals surface area contributed by atoms with E-state index in [4.69, 9.17) is 0 Å². The molecule has 1 amide bonds. The van der Waals surface area contributed by atoms with E-state index in [1.165, 1.54) is 11.1 Å². The molecule has 1 aliphatic rings. The van der Waals surface area contributed by atoms with Gasteiger partial charge in [-0.25, -0.2) is 0 Å². The van der Waals surface area contributed by atoms with E-state index in [2.05, 4.69) is 5.32 Å². The number of alkyl halides is 3. The van der Waals surface area contributed by atoms with Crippen molar-refractivity contribution in [3.05, 3.63) is 70.8 Å². The summed E-state index contributed by atoms with van der Waals surface area (Å²) < 4.78 is 37.8. The Morgan fingerprint density at radius 3 is 1.96 bits per heavy atom. The van der Waals surface area contributed by atoms with E-state index in [1.807, 2.05) is 24.3 Å². The first-order chi connectivity index (χ1) is 11.7. The van der Waals surface area contributed by atoms with Gasteiger partial charge in [-0.15, -0.1) is 0 Å². The lowest BCUT2D eigenvalue weighted by molar-refractivity contribution is -0.358. The molecule has 7 heteroatoms. The molecular weight excluding hydrogens is 335 g/mol. The number of hydrogen-bond donors (Lipinski definition) is 3. The summed E-state index contributed by atoms with van der Waals surface area (Å²) in [6, 6.07) is 11.8. The fraction of sp³-hybridized carbons (Fsp3) is 0.278. The van der Waals surface area contributed by atoms with Crippen molar-refractivity contribution < 1.29 is 28.2 Å². The largest absolute Gasteiger partial charge is 0.447 e. The summed E-state index contributed by atoms with van der Waals surface area (Å²) in [5, 5.41) is 21.3. The van der Waals surface area contributed by atoms with E-state index in [9.17, 15) is 28.2 Å². The highest BCUT2D eigenvalue weighted by Gasteiger charge is 2.54. The highest BCUT2D eigenvalue weighted by atomic mass is 19.4. The van der Waals surface area contributed by atoms with Gasteiger partial charge in [0.25, 0.3) is 11.7 Å². The summed E-state index contributed by atoms with van der Waals surface area (Å²) in [6.07, 6.45) is -3.83. The lowest BCUT2D eigenvalue weighted by Gasteiger charge is -2.24. The van der Waals surface area contributed by atoms with Gasteiger partial charge in [0.2, 0.25) is 0 Å². The first-order valence-electron chi connectivity index (χ1n) is 7.68. The Morgan fingerprint density at radius 1 is 0.960 bits per heavy atom. The van der Waals surface area contributed by atoms with E-state index in [0.717, 1.165) is 24.3 Å². The highest BCUT2D eigenvalue weighted by Crippen LogP contribution is 2.36. The minimum atomic E-state index is -5.23. The first-order valence-corrected chi connectivity index (χ1v) is 7.68. The zero-order valence-corrected chi connectivity index (χ0v) is 13.0. The molecule has 0 unspecified atom stereocenters. The molecule has 0 fully saturated rings. The van der Waals surface area contributed by atoms with Crippen molar-refractivity contribution >= 4 is 5.91 Å². The normalized spacial score (nSPS) is 15.1. The molecule has 2 aromatic rings. The quantitative estimate of drug-likeness (QED) is 0.743. The molecule has 0 radical (unpaired) electrons. The monoisotopic (exact) mass is 351 g/mol. The summed E-state index contributed by atoms with van der Waals surface area (Å²) in [4.78, 5) is 12.3. The lowest BCUT2D eigenvalue weighted by atomic mass is 10.0. The Hall–Kier alpha value is -2.38. The van der Waals surface area contributed by atoms with Crippen molar-refractivity contribution in [2.24, 2.45) is 0 Å². The zero-order valence-electron chi connectivity index (χ0n) is 13.0. The van der Waals surface area contributed by atoms with Gasteiger partial charge in [-0.3, -0.25) is 4.79 Å². The minimum absolute atomic E-state index is 0.0745.